The second kappa shape index (κ2) is 6.89. The van der Waals surface area contributed by atoms with Crippen LogP contribution in [0.25, 0.3) is 0 Å². The Bertz CT molecular complexity index is 148. The highest BCUT2D eigenvalue weighted by Crippen LogP contribution is 2.01. The van der Waals surface area contributed by atoms with Crippen LogP contribution in [0.2, 0.25) is 0 Å². The number of nitrogens with one attached hydrogen (secondary N) is 1. The fourth-order valence-electron chi connectivity index (χ4n) is 1.07. The maximum absolute atomic E-state index is 11.4. The van der Waals surface area contributed by atoms with Gasteiger partial charge in [-0.25, -0.2) is 0 Å². The molecule has 0 heterocycles. The Kier molecular flexibility index (Phi) is 6.59. The third-order valence-electron chi connectivity index (χ3n) is 2.18. The van der Waals surface area contributed by atoms with Crippen LogP contribution in [0.5, 0.6) is 0 Å². The molecule has 1 amide bonds. The first kappa shape index (κ1) is 12.4. The smallest absolute Gasteiger partial charge is 0.224 e. The van der Waals surface area contributed by atoms with Crippen LogP contribution in [0.1, 0.15) is 40.0 Å². The molecule has 0 saturated heterocycles. The second-order valence-electron chi connectivity index (χ2n) is 3.69. The van der Waals surface area contributed by atoms with E-state index in [1.807, 2.05) is 13.8 Å². The van der Waals surface area contributed by atoms with Gasteiger partial charge in [-0.15, -0.1) is 0 Å². The first-order chi connectivity index (χ1) is 6.11. The molecule has 3 heteroatoms. The van der Waals surface area contributed by atoms with E-state index in [0.717, 1.165) is 6.42 Å². The zero-order valence-electron chi connectivity index (χ0n) is 8.97. The third kappa shape index (κ3) is 5.64. The molecule has 0 spiro atoms. The van der Waals surface area contributed by atoms with Crippen LogP contribution in [0.15, 0.2) is 0 Å². The van der Waals surface area contributed by atoms with E-state index in [2.05, 4.69) is 12.2 Å². The van der Waals surface area contributed by atoms with Crippen molar-refractivity contribution in [3.63, 3.8) is 0 Å². The van der Waals surface area contributed by atoms with Gasteiger partial charge < -0.3 is 11.1 Å². The fourth-order valence-corrected chi connectivity index (χ4v) is 1.07. The van der Waals surface area contributed by atoms with Crippen LogP contribution < -0.4 is 11.1 Å². The molecular weight excluding hydrogens is 164 g/mol. The van der Waals surface area contributed by atoms with Crippen molar-refractivity contribution in [1.29, 1.82) is 0 Å². The van der Waals surface area contributed by atoms with E-state index in [0.29, 0.717) is 6.54 Å². The van der Waals surface area contributed by atoms with Crippen molar-refractivity contribution in [2.75, 3.05) is 6.54 Å². The maximum atomic E-state index is 11.4. The number of carbonyl (C=O) groups is 1. The van der Waals surface area contributed by atoms with Crippen molar-refractivity contribution in [2.45, 2.75) is 46.1 Å². The average Bonchev–Trinajstić information content (AvgIpc) is 2.13. The van der Waals surface area contributed by atoms with Crippen molar-refractivity contribution in [2.24, 2.45) is 11.7 Å². The Morgan fingerprint density at radius 2 is 2.08 bits per heavy atom. The molecule has 78 valence electrons. The number of rotatable bonds is 6. The molecule has 13 heavy (non-hydrogen) atoms. The Hall–Kier alpha value is -0.570. The molecule has 3 nitrogen and oxygen atoms in total. The molecule has 0 saturated carbocycles. The van der Waals surface area contributed by atoms with Gasteiger partial charge in [0.1, 0.15) is 0 Å². The Labute approximate surface area is 81.1 Å². The first-order valence-corrected chi connectivity index (χ1v) is 5.12. The molecule has 0 aliphatic rings. The van der Waals surface area contributed by atoms with Gasteiger partial charge in [-0.3, -0.25) is 4.79 Å². The van der Waals surface area contributed by atoms with Crippen LogP contribution >= 0.6 is 0 Å². The molecule has 2 atom stereocenters. The minimum Gasteiger partial charge on any atom is -0.353 e. The molecule has 0 aliphatic carbocycles. The van der Waals surface area contributed by atoms with Crippen LogP contribution in [-0.4, -0.2) is 18.5 Å². The second-order valence-corrected chi connectivity index (χ2v) is 3.69. The van der Waals surface area contributed by atoms with Gasteiger partial charge in [0.05, 0.1) is 0 Å². The molecule has 2 unspecified atom stereocenters. The molecule has 3 N–H and O–H groups in total. The molecule has 0 aliphatic heterocycles. The highest BCUT2D eigenvalue weighted by Gasteiger charge is 2.12. The van der Waals surface area contributed by atoms with Gasteiger partial charge in [0.2, 0.25) is 5.91 Å². The molecular formula is C10H22N2O. The summed E-state index contributed by atoms with van der Waals surface area (Å²) in [7, 11) is 0. The van der Waals surface area contributed by atoms with Crippen LogP contribution in [-0.2, 0) is 4.79 Å². The fraction of sp³-hybridized carbons (Fsp3) is 0.900. The number of amides is 1. The van der Waals surface area contributed by atoms with Gasteiger partial charge in [-0.1, -0.05) is 26.7 Å². The maximum Gasteiger partial charge on any atom is 0.224 e. The van der Waals surface area contributed by atoms with Gasteiger partial charge in [0.25, 0.3) is 0 Å². The summed E-state index contributed by atoms with van der Waals surface area (Å²) in [6, 6.07) is 0.279. The first-order valence-electron chi connectivity index (χ1n) is 5.12. The number of carbonyl (C=O) groups excluding carboxylic acids is 1. The largest absolute Gasteiger partial charge is 0.353 e. The van der Waals surface area contributed by atoms with Crippen LogP contribution in [0.3, 0.4) is 0 Å². The number of unbranched alkanes of at least 4 members (excludes halogenated alkanes) is 1. The van der Waals surface area contributed by atoms with E-state index >= 15 is 0 Å². The zero-order valence-corrected chi connectivity index (χ0v) is 8.97. The number of hydrogen-bond donors (Lipinski definition) is 2. The summed E-state index contributed by atoms with van der Waals surface area (Å²) < 4.78 is 0. The van der Waals surface area contributed by atoms with Crippen molar-refractivity contribution < 1.29 is 4.79 Å². The third-order valence-corrected chi connectivity index (χ3v) is 2.18. The summed E-state index contributed by atoms with van der Waals surface area (Å²) in [5, 5.41) is 2.95. The Morgan fingerprint density at radius 1 is 1.46 bits per heavy atom. The highest BCUT2D eigenvalue weighted by molar-refractivity contribution is 5.78. The predicted molar refractivity (Wildman–Crippen MR) is 55.3 cm³/mol. The van der Waals surface area contributed by atoms with Crippen LogP contribution in [0, 0.1) is 5.92 Å². The van der Waals surface area contributed by atoms with E-state index < -0.39 is 0 Å². The van der Waals surface area contributed by atoms with Crippen molar-refractivity contribution in [1.82, 2.24) is 5.32 Å². The van der Waals surface area contributed by atoms with Gasteiger partial charge in [-0.05, 0) is 13.3 Å². The summed E-state index contributed by atoms with van der Waals surface area (Å²) >= 11 is 0. The van der Waals surface area contributed by atoms with Gasteiger partial charge in [0.15, 0.2) is 0 Å². The monoisotopic (exact) mass is 186 g/mol. The Morgan fingerprint density at radius 3 is 2.54 bits per heavy atom. The van der Waals surface area contributed by atoms with Gasteiger partial charge in [-0.2, -0.15) is 0 Å². The lowest BCUT2D eigenvalue weighted by Gasteiger charge is -2.16. The lowest BCUT2D eigenvalue weighted by atomic mass is 10.1. The number of nitrogens with two attached hydrogens (primary N) is 1. The van der Waals surface area contributed by atoms with Crippen molar-refractivity contribution in [3.8, 4) is 0 Å². The molecule has 0 radical (unpaired) electrons. The zero-order chi connectivity index (χ0) is 10.3. The van der Waals surface area contributed by atoms with E-state index in [4.69, 9.17) is 5.73 Å². The van der Waals surface area contributed by atoms with E-state index in [1.165, 1.54) is 12.8 Å². The topological polar surface area (TPSA) is 55.1 Å². The van der Waals surface area contributed by atoms with Crippen molar-refractivity contribution in [3.05, 3.63) is 0 Å². The molecule has 0 aromatic heterocycles. The SMILES string of the molecule is CCCCC(C)NC(=O)C(C)CN. The standard InChI is InChI=1S/C10H22N2O/c1-4-5-6-9(3)12-10(13)8(2)7-11/h8-9H,4-7,11H2,1-3H3,(H,12,13). The minimum atomic E-state index is -0.0657. The molecule has 0 aromatic rings. The highest BCUT2D eigenvalue weighted by atomic mass is 16.1. The quantitative estimate of drug-likeness (QED) is 0.656. The normalized spacial score (nSPS) is 15.1. The molecule has 0 rings (SSSR count). The minimum absolute atomic E-state index is 0.0657. The molecule has 0 aromatic carbocycles. The van der Waals surface area contributed by atoms with E-state index in [1.54, 1.807) is 0 Å². The lowest BCUT2D eigenvalue weighted by molar-refractivity contribution is -0.124. The van der Waals surface area contributed by atoms with Gasteiger partial charge in [0, 0.05) is 18.5 Å². The summed E-state index contributed by atoms with van der Waals surface area (Å²) in [6.07, 6.45) is 3.39. The summed E-state index contributed by atoms with van der Waals surface area (Å²) in [5.41, 5.74) is 5.39. The van der Waals surface area contributed by atoms with E-state index in [9.17, 15) is 4.79 Å². The van der Waals surface area contributed by atoms with Crippen LogP contribution in [0.4, 0.5) is 0 Å². The summed E-state index contributed by atoms with van der Waals surface area (Å²) in [5.74, 6) is 0.00943. The average molecular weight is 186 g/mol. The summed E-state index contributed by atoms with van der Waals surface area (Å²) in [6.45, 7) is 6.46. The summed E-state index contributed by atoms with van der Waals surface area (Å²) in [4.78, 5) is 11.4. The van der Waals surface area contributed by atoms with E-state index in [-0.39, 0.29) is 17.9 Å². The molecule has 0 fully saturated rings. The number of hydrogen-bond acceptors (Lipinski definition) is 2. The van der Waals surface area contributed by atoms with Crippen molar-refractivity contribution >= 4 is 5.91 Å². The Balaban J connectivity index is 3.64. The molecule has 0 bridgehead atoms. The van der Waals surface area contributed by atoms with Gasteiger partial charge >= 0.3 is 0 Å². The lowest BCUT2D eigenvalue weighted by Crippen LogP contribution is -2.38. The predicted octanol–water partition coefficient (Wildman–Crippen LogP) is 1.28.